The zero-order valence-corrected chi connectivity index (χ0v) is 13.4. The Bertz CT molecular complexity index is 364. The van der Waals surface area contributed by atoms with E-state index in [4.69, 9.17) is 9.15 Å². The fourth-order valence-corrected chi connectivity index (χ4v) is 1.85. The van der Waals surface area contributed by atoms with Crippen molar-refractivity contribution in [1.29, 1.82) is 0 Å². The highest BCUT2D eigenvalue weighted by molar-refractivity contribution is 5.79. The molecular formula is C16H29N3O2. The minimum Gasteiger partial charge on any atom is -0.467 e. The molecule has 5 heteroatoms. The van der Waals surface area contributed by atoms with E-state index < -0.39 is 0 Å². The summed E-state index contributed by atoms with van der Waals surface area (Å²) in [7, 11) is 0. The first-order chi connectivity index (χ1) is 10.4. The number of ether oxygens (including phenoxy) is 1. The Balaban J connectivity index is 2.08. The number of rotatable bonds is 11. The van der Waals surface area contributed by atoms with Gasteiger partial charge < -0.3 is 19.8 Å². The van der Waals surface area contributed by atoms with Gasteiger partial charge in [0.2, 0.25) is 0 Å². The van der Waals surface area contributed by atoms with Gasteiger partial charge in [-0.2, -0.15) is 0 Å². The second-order valence-corrected chi connectivity index (χ2v) is 4.88. The predicted octanol–water partition coefficient (Wildman–Crippen LogP) is 2.93. The molecule has 0 aromatic carbocycles. The number of hydrogen-bond donors (Lipinski definition) is 2. The van der Waals surface area contributed by atoms with Crippen LogP contribution in [-0.4, -0.2) is 32.2 Å². The summed E-state index contributed by atoms with van der Waals surface area (Å²) in [5, 5.41) is 6.61. The molecule has 0 bridgehead atoms. The highest BCUT2D eigenvalue weighted by atomic mass is 16.5. The van der Waals surface area contributed by atoms with Gasteiger partial charge in [0, 0.05) is 26.2 Å². The molecule has 1 aromatic heterocycles. The molecule has 0 spiro atoms. The van der Waals surface area contributed by atoms with Crippen LogP contribution in [0, 0.1) is 0 Å². The molecule has 0 atom stereocenters. The van der Waals surface area contributed by atoms with E-state index in [1.54, 1.807) is 6.26 Å². The van der Waals surface area contributed by atoms with Crippen molar-refractivity contribution in [1.82, 2.24) is 10.6 Å². The Hall–Kier alpha value is -1.49. The smallest absolute Gasteiger partial charge is 0.191 e. The molecule has 1 heterocycles. The normalized spacial score (nSPS) is 11.6. The van der Waals surface area contributed by atoms with E-state index in [-0.39, 0.29) is 0 Å². The van der Waals surface area contributed by atoms with Gasteiger partial charge in [-0.15, -0.1) is 0 Å². The molecule has 0 unspecified atom stereocenters. The topological polar surface area (TPSA) is 58.8 Å². The molecule has 2 N–H and O–H groups in total. The lowest BCUT2D eigenvalue weighted by Gasteiger charge is -2.10. The summed E-state index contributed by atoms with van der Waals surface area (Å²) >= 11 is 0. The number of guanidine groups is 1. The molecule has 0 aliphatic heterocycles. The van der Waals surface area contributed by atoms with Gasteiger partial charge in [0.05, 0.1) is 6.26 Å². The monoisotopic (exact) mass is 295 g/mol. The number of nitrogens with zero attached hydrogens (tertiary/aromatic N) is 1. The number of aliphatic imine (C=N–C) groups is 1. The van der Waals surface area contributed by atoms with Gasteiger partial charge in [-0.3, -0.25) is 4.99 Å². The summed E-state index contributed by atoms with van der Waals surface area (Å²) in [4.78, 5) is 4.54. The van der Waals surface area contributed by atoms with E-state index in [1.807, 2.05) is 12.1 Å². The van der Waals surface area contributed by atoms with E-state index in [2.05, 4.69) is 29.5 Å². The van der Waals surface area contributed by atoms with Gasteiger partial charge in [-0.05, 0) is 31.9 Å². The Morgan fingerprint density at radius 1 is 1.24 bits per heavy atom. The van der Waals surface area contributed by atoms with Gasteiger partial charge >= 0.3 is 0 Å². The molecule has 5 nitrogen and oxygen atoms in total. The largest absolute Gasteiger partial charge is 0.467 e. The van der Waals surface area contributed by atoms with Crippen LogP contribution in [-0.2, 0) is 11.3 Å². The van der Waals surface area contributed by atoms with Crippen LogP contribution in [0.4, 0.5) is 0 Å². The Morgan fingerprint density at radius 2 is 2.14 bits per heavy atom. The van der Waals surface area contributed by atoms with Crippen molar-refractivity contribution in [3.05, 3.63) is 24.2 Å². The third-order valence-electron chi connectivity index (χ3n) is 2.96. The summed E-state index contributed by atoms with van der Waals surface area (Å²) in [5.41, 5.74) is 0. The minimum absolute atomic E-state index is 0.534. The Labute approximate surface area is 128 Å². The molecule has 0 aliphatic carbocycles. The Kier molecular flexibility index (Phi) is 10.3. The Morgan fingerprint density at radius 3 is 2.86 bits per heavy atom. The first-order valence-corrected chi connectivity index (χ1v) is 7.99. The van der Waals surface area contributed by atoms with Crippen molar-refractivity contribution in [2.45, 2.75) is 46.1 Å². The number of furan rings is 1. The van der Waals surface area contributed by atoms with Gasteiger partial charge in [0.15, 0.2) is 5.96 Å². The molecule has 0 saturated carbocycles. The zero-order chi connectivity index (χ0) is 15.2. The fraction of sp³-hybridized carbons (Fsp3) is 0.688. The molecule has 120 valence electrons. The van der Waals surface area contributed by atoms with Crippen LogP contribution < -0.4 is 10.6 Å². The van der Waals surface area contributed by atoms with Crippen molar-refractivity contribution < 1.29 is 9.15 Å². The lowest BCUT2D eigenvalue weighted by atomic mass is 10.2. The standard InChI is InChI=1S/C16H29N3O2/c1-3-5-6-10-18-16(17-4-2)19-11-8-12-20-14-15-9-7-13-21-15/h7,9,13H,3-6,8,10-12,14H2,1-2H3,(H2,17,18,19). The van der Waals surface area contributed by atoms with Crippen molar-refractivity contribution in [3.8, 4) is 0 Å². The zero-order valence-electron chi connectivity index (χ0n) is 13.4. The van der Waals surface area contributed by atoms with Crippen LogP contribution in [0.3, 0.4) is 0 Å². The lowest BCUT2D eigenvalue weighted by Crippen LogP contribution is -2.37. The van der Waals surface area contributed by atoms with E-state index >= 15 is 0 Å². The van der Waals surface area contributed by atoms with Crippen molar-refractivity contribution in [3.63, 3.8) is 0 Å². The summed E-state index contributed by atoms with van der Waals surface area (Å²) in [5.74, 6) is 1.77. The van der Waals surface area contributed by atoms with Crippen LogP contribution >= 0.6 is 0 Å². The third-order valence-corrected chi connectivity index (χ3v) is 2.96. The summed E-state index contributed by atoms with van der Waals surface area (Å²) in [6, 6.07) is 3.79. The number of hydrogen-bond acceptors (Lipinski definition) is 3. The summed E-state index contributed by atoms with van der Waals surface area (Å²) in [6.07, 6.45) is 6.25. The molecular weight excluding hydrogens is 266 g/mol. The lowest BCUT2D eigenvalue weighted by molar-refractivity contribution is 0.105. The van der Waals surface area contributed by atoms with Crippen LogP contribution in [0.2, 0.25) is 0 Å². The van der Waals surface area contributed by atoms with E-state index in [0.29, 0.717) is 13.2 Å². The van der Waals surface area contributed by atoms with Gasteiger partial charge in [0.1, 0.15) is 12.4 Å². The molecule has 1 rings (SSSR count). The maximum absolute atomic E-state index is 5.53. The maximum atomic E-state index is 5.53. The highest BCUT2D eigenvalue weighted by Crippen LogP contribution is 2.01. The average Bonchev–Trinajstić information content (AvgIpc) is 3.00. The maximum Gasteiger partial charge on any atom is 0.191 e. The van der Waals surface area contributed by atoms with E-state index in [1.165, 1.54) is 19.3 Å². The van der Waals surface area contributed by atoms with Crippen molar-refractivity contribution in [2.75, 3.05) is 26.2 Å². The second-order valence-electron chi connectivity index (χ2n) is 4.88. The summed E-state index contributed by atoms with van der Waals surface area (Å²) < 4.78 is 10.7. The first kappa shape index (κ1) is 17.6. The molecule has 21 heavy (non-hydrogen) atoms. The molecule has 1 aromatic rings. The molecule has 0 amide bonds. The fourth-order valence-electron chi connectivity index (χ4n) is 1.85. The first-order valence-electron chi connectivity index (χ1n) is 7.99. The second kappa shape index (κ2) is 12.3. The third kappa shape index (κ3) is 9.13. The molecule has 0 fully saturated rings. The molecule has 0 radical (unpaired) electrons. The quantitative estimate of drug-likeness (QED) is 0.374. The summed E-state index contributed by atoms with van der Waals surface area (Å²) in [6.45, 7) is 8.15. The minimum atomic E-state index is 0.534. The van der Waals surface area contributed by atoms with Crippen LogP contribution in [0.1, 0.15) is 45.3 Å². The average molecular weight is 295 g/mol. The van der Waals surface area contributed by atoms with Gasteiger partial charge in [-0.25, -0.2) is 0 Å². The molecule has 0 aliphatic rings. The van der Waals surface area contributed by atoms with Crippen LogP contribution in [0.5, 0.6) is 0 Å². The number of unbranched alkanes of at least 4 members (excludes halogenated alkanes) is 2. The molecule has 0 saturated heterocycles. The van der Waals surface area contributed by atoms with E-state index in [9.17, 15) is 0 Å². The van der Waals surface area contributed by atoms with Crippen LogP contribution in [0.25, 0.3) is 0 Å². The SMILES string of the molecule is CCCCCNC(=NCCCOCc1ccco1)NCC. The predicted molar refractivity (Wildman–Crippen MR) is 86.5 cm³/mol. The highest BCUT2D eigenvalue weighted by Gasteiger charge is 1.97. The van der Waals surface area contributed by atoms with Crippen molar-refractivity contribution in [2.24, 2.45) is 4.99 Å². The van der Waals surface area contributed by atoms with E-state index in [0.717, 1.165) is 37.8 Å². The number of nitrogens with one attached hydrogen (secondary N) is 2. The van der Waals surface area contributed by atoms with Gasteiger partial charge in [0.25, 0.3) is 0 Å². The van der Waals surface area contributed by atoms with Gasteiger partial charge in [-0.1, -0.05) is 19.8 Å². The van der Waals surface area contributed by atoms with Crippen molar-refractivity contribution >= 4 is 5.96 Å². The van der Waals surface area contributed by atoms with Crippen LogP contribution in [0.15, 0.2) is 27.8 Å².